The van der Waals surface area contributed by atoms with E-state index in [1.165, 1.54) is 24.1 Å². The highest BCUT2D eigenvalue weighted by atomic mass is 35.5. The van der Waals surface area contributed by atoms with Gasteiger partial charge in [-0.1, -0.05) is 23.2 Å². The maximum atomic E-state index is 12.1. The molecule has 0 fully saturated rings. The number of hydrogen-bond donors (Lipinski definition) is 0. The van der Waals surface area contributed by atoms with Gasteiger partial charge >= 0.3 is 0 Å². The number of benzene rings is 1. The van der Waals surface area contributed by atoms with Crippen LogP contribution in [-0.4, -0.2) is 16.7 Å². The third-order valence-electron chi connectivity index (χ3n) is 2.51. The van der Waals surface area contributed by atoms with Gasteiger partial charge in [-0.05, 0) is 13.0 Å². The first-order valence-corrected chi connectivity index (χ1v) is 5.76. The Kier molecular flexibility index (Phi) is 3.26. The maximum absolute atomic E-state index is 12.1. The molecule has 0 saturated heterocycles. The lowest BCUT2D eigenvalue weighted by Gasteiger charge is -2.09. The Hall–Kier alpha value is -1.26. The molecule has 2 rings (SSSR count). The summed E-state index contributed by atoms with van der Waals surface area (Å²) in [6.45, 7) is 2.39. The standard InChI is InChI=1S/C11H10Cl2N2O2/c1-3-15-5-14-9-8(11(15)16)6(12)4-7(13)10(9)17-2/h4-5H,3H2,1-2H3. The lowest BCUT2D eigenvalue weighted by atomic mass is 10.2. The third kappa shape index (κ3) is 1.87. The van der Waals surface area contributed by atoms with E-state index in [2.05, 4.69) is 4.98 Å². The van der Waals surface area contributed by atoms with Crippen LogP contribution >= 0.6 is 23.2 Å². The molecule has 2 aromatic rings. The minimum Gasteiger partial charge on any atom is -0.493 e. The van der Waals surface area contributed by atoms with Crippen molar-refractivity contribution in [3.8, 4) is 5.75 Å². The number of aromatic nitrogens is 2. The highest BCUT2D eigenvalue weighted by Crippen LogP contribution is 2.34. The fraction of sp³-hybridized carbons (Fsp3) is 0.273. The van der Waals surface area contributed by atoms with E-state index in [0.717, 1.165) is 0 Å². The number of hydrogen-bond acceptors (Lipinski definition) is 3. The van der Waals surface area contributed by atoms with Crippen LogP contribution in [0.4, 0.5) is 0 Å². The van der Waals surface area contributed by atoms with Crippen LogP contribution in [0.25, 0.3) is 10.9 Å². The van der Waals surface area contributed by atoms with Crippen molar-refractivity contribution in [1.82, 2.24) is 9.55 Å². The Morgan fingerprint density at radius 1 is 1.41 bits per heavy atom. The van der Waals surface area contributed by atoms with Crippen molar-refractivity contribution in [2.24, 2.45) is 0 Å². The Morgan fingerprint density at radius 3 is 2.71 bits per heavy atom. The molecule has 6 heteroatoms. The van der Waals surface area contributed by atoms with E-state index >= 15 is 0 Å². The lowest BCUT2D eigenvalue weighted by molar-refractivity contribution is 0.419. The van der Waals surface area contributed by atoms with Crippen LogP contribution in [0.5, 0.6) is 5.75 Å². The summed E-state index contributed by atoms with van der Waals surface area (Å²) in [4.78, 5) is 16.3. The molecule has 0 atom stereocenters. The second kappa shape index (κ2) is 4.55. The van der Waals surface area contributed by atoms with Gasteiger partial charge < -0.3 is 4.74 Å². The molecule has 90 valence electrons. The fourth-order valence-corrected chi connectivity index (χ4v) is 2.27. The molecule has 0 aliphatic carbocycles. The molecular formula is C11H10Cl2N2O2. The molecule has 0 bridgehead atoms. The predicted molar refractivity (Wildman–Crippen MR) is 68.2 cm³/mol. The SMILES string of the molecule is CCn1cnc2c(OC)c(Cl)cc(Cl)c2c1=O. The second-order valence-electron chi connectivity index (χ2n) is 3.43. The van der Waals surface area contributed by atoms with Gasteiger partial charge in [-0.15, -0.1) is 0 Å². The van der Waals surface area contributed by atoms with Crippen molar-refractivity contribution < 1.29 is 4.74 Å². The molecule has 0 unspecified atom stereocenters. The Morgan fingerprint density at radius 2 is 2.12 bits per heavy atom. The van der Waals surface area contributed by atoms with Crippen molar-refractivity contribution >= 4 is 34.1 Å². The van der Waals surface area contributed by atoms with Crippen molar-refractivity contribution in [3.05, 3.63) is 32.8 Å². The van der Waals surface area contributed by atoms with Gasteiger partial charge in [-0.3, -0.25) is 9.36 Å². The summed E-state index contributed by atoms with van der Waals surface area (Å²) < 4.78 is 6.61. The van der Waals surface area contributed by atoms with Gasteiger partial charge in [-0.2, -0.15) is 0 Å². The smallest absolute Gasteiger partial charge is 0.262 e. The summed E-state index contributed by atoms with van der Waals surface area (Å²) in [5.41, 5.74) is 0.192. The van der Waals surface area contributed by atoms with Crippen LogP contribution in [-0.2, 0) is 6.54 Å². The van der Waals surface area contributed by atoms with E-state index in [-0.39, 0.29) is 10.6 Å². The number of methoxy groups -OCH3 is 1. The van der Waals surface area contributed by atoms with E-state index in [1.54, 1.807) is 0 Å². The van der Waals surface area contributed by atoms with Crippen LogP contribution in [0.3, 0.4) is 0 Å². The molecule has 0 aliphatic rings. The number of halogens is 2. The quantitative estimate of drug-likeness (QED) is 0.845. The molecule has 0 radical (unpaired) electrons. The summed E-state index contributed by atoms with van der Waals surface area (Å²) in [5.74, 6) is 0.367. The van der Waals surface area contributed by atoms with Gasteiger partial charge in [0.1, 0.15) is 5.52 Å². The molecule has 1 heterocycles. The summed E-state index contributed by atoms with van der Waals surface area (Å²) in [7, 11) is 1.47. The van der Waals surface area contributed by atoms with E-state index in [9.17, 15) is 4.79 Å². The molecule has 4 nitrogen and oxygen atoms in total. The number of ether oxygens (including phenoxy) is 1. The Balaban J connectivity index is 2.98. The van der Waals surface area contributed by atoms with Gasteiger partial charge in [-0.25, -0.2) is 4.98 Å². The molecule has 17 heavy (non-hydrogen) atoms. The van der Waals surface area contributed by atoms with E-state index in [0.29, 0.717) is 28.2 Å². The van der Waals surface area contributed by atoms with E-state index in [1.807, 2.05) is 6.92 Å². The van der Waals surface area contributed by atoms with Crippen LogP contribution in [0.1, 0.15) is 6.92 Å². The average Bonchev–Trinajstić information content (AvgIpc) is 2.29. The first kappa shape index (κ1) is 12.2. The minimum atomic E-state index is -0.197. The van der Waals surface area contributed by atoms with Gasteiger partial charge in [0.05, 0.1) is 28.9 Å². The first-order valence-electron chi connectivity index (χ1n) is 5.01. The molecule has 0 aliphatic heterocycles. The number of rotatable bonds is 2. The monoisotopic (exact) mass is 272 g/mol. The van der Waals surface area contributed by atoms with Crippen LogP contribution in [0, 0.1) is 0 Å². The molecule has 0 spiro atoms. The summed E-state index contributed by atoms with van der Waals surface area (Å²) in [6.07, 6.45) is 1.46. The second-order valence-corrected chi connectivity index (χ2v) is 4.25. The highest BCUT2D eigenvalue weighted by molar-refractivity contribution is 6.39. The summed E-state index contributed by atoms with van der Waals surface area (Å²) in [6, 6.07) is 1.49. The van der Waals surface area contributed by atoms with Crippen LogP contribution in [0.2, 0.25) is 10.0 Å². The topological polar surface area (TPSA) is 44.1 Å². The normalized spacial score (nSPS) is 10.8. The lowest BCUT2D eigenvalue weighted by Crippen LogP contribution is -2.20. The number of nitrogens with zero attached hydrogens (tertiary/aromatic N) is 2. The zero-order chi connectivity index (χ0) is 12.6. The maximum Gasteiger partial charge on any atom is 0.262 e. The Bertz CT molecular complexity index is 637. The van der Waals surface area contributed by atoms with E-state index < -0.39 is 0 Å². The van der Waals surface area contributed by atoms with Crippen molar-refractivity contribution in [3.63, 3.8) is 0 Å². The zero-order valence-corrected chi connectivity index (χ0v) is 10.8. The minimum absolute atomic E-state index is 0.197. The van der Waals surface area contributed by atoms with Crippen LogP contribution < -0.4 is 10.3 Å². The molecule has 0 amide bonds. The number of aryl methyl sites for hydroxylation is 1. The average molecular weight is 273 g/mol. The summed E-state index contributed by atoms with van der Waals surface area (Å²) >= 11 is 12.0. The largest absolute Gasteiger partial charge is 0.493 e. The first-order chi connectivity index (χ1) is 8.10. The predicted octanol–water partition coefficient (Wildman–Crippen LogP) is 2.73. The van der Waals surface area contributed by atoms with Gasteiger partial charge in [0.25, 0.3) is 5.56 Å². The van der Waals surface area contributed by atoms with Crippen LogP contribution in [0.15, 0.2) is 17.2 Å². The Labute approximate surface area is 108 Å². The molecule has 1 aromatic carbocycles. The molecule has 0 saturated carbocycles. The highest BCUT2D eigenvalue weighted by Gasteiger charge is 2.15. The number of fused-ring (bicyclic) bond motifs is 1. The molecule has 1 aromatic heterocycles. The molecular weight excluding hydrogens is 263 g/mol. The zero-order valence-electron chi connectivity index (χ0n) is 9.33. The van der Waals surface area contributed by atoms with Crippen molar-refractivity contribution in [1.29, 1.82) is 0 Å². The third-order valence-corrected chi connectivity index (χ3v) is 3.09. The van der Waals surface area contributed by atoms with E-state index in [4.69, 9.17) is 27.9 Å². The fourth-order valence-electron chi connectivity index (χ4n) is 1.66. The van der Waals surface area contributed by atoms with Gasteiger partial charge in [0.15, 0.2) is 5.75 Å². The molecule has 0 N–H and O–H groups in total. The summed E-state index contributed by atoms with van der Waals surface area (Å²) in [5, 5.41) is 0.953. The van der Waals surface area contributed by atoms with Crippen molar-refractivity contribution in [2.45, 2.75) is 13.5 Å². The van der Waals surface area contributed by atoms with Gasteiger partial charge in [0, 0.05) is 6.54 Å². The van der Waals surface area contributed by atoms with Crippen molar-refractivity contribution in [2.75, 3.05) is 7.11 Å². The van der Waals surface area contributed by atoms with Gasteiger partial charge in [0.2, 0.25) is 0 Å².